The molecule has 1 amide bonds. The van der Waals surface area contributed by atoms with Crippen LogP contribution in [0.3, 0.4) is 0 Å². The number of carbonyl (C=O) groups is 1. The van der Waals surface area contributed by atoms with Crippen LogP contribution in [0.5, 0.6) is 5.75 Å². The normalized spacial score (nSPS) is 15.1. The molecule has 1 saturated heterocycles. The summed E-state index contributed by atoms with van der Waals surface area (Å²) in [5.41, 5.74) is 0.370. The molecule has 1 aliphatic heterocycles. The van der Waals surface area contributed by atoms with E-state index >= 15 is 0 Å². The highest BCUT2D eigenvalue weighted by Gasteiger charge is 2.28. The minimum absolute atomic E-state index is 0.0666. The number of fused-ring (bicyclic) bond motifs is 1. The molecule has 2 aromatic carbocycles. The Hall–Kier alpha value is -3.15. The van der Waals surface area contributed by atoms with Gasteiger partial charge in [-0.05, 0) is 36.4 Å². The van der Waals surface area contributed by atoms with Crippen molar-refractivity contribution >= 4 is 22.5 Å². The van der Waals surface area contributed by atoms with Crippen molar-refractivity contribution in [1.82, 2.24) is 15.1 Å². The number of hydrogen-bond donors (Lipinski definition) is 1. The highest BCUT2D eigenvalue weighted by molar-refractivity contribution is 6.03. The summed E-state index contributed by atoms with van der Waals surface area (Å²) in [6.07, 6.45) is 3.37. The molecule has 2 heterocycles. The summed E-state index contributed by atoms with van der Waals surface area (Å²) >= 11 is 0. The third-order valence-corrected chi connectivity index (χ3v) is 5.35. The van der Waals surface area contributed by atoms with Gasteiger partial charge in [-0.3, -0.25) is 4.79 Å². The third-order valence-electron chi connectivity index (χ3n) is 5.35. The van der Waals surface area contributed by atoms with Gasteiger partial charge in [-0.15, -0.1) is 5.10 Å². The maximum absolute atomic E-state index is 12.9. The van der Waals surface area contributed by atoms with Gasteiger partial charge in [0, 0.05) is 37.8 Å². The van der Waals surface area contributed by atoms with Crippen LogP contribution in [0.25, 0.3) is 10.8 Å². The minimum Gasteiger partial charge on any atom is -0.506 e. The lowest BCUT2D eigenvalue weighted by molar-refractivity contribution is 0.0710. The number of piperidine rings is 1. The van der Waals surface area contributed by atoms with Crippen LogP contribution < -0.4 is 4.90 Å². The first-order valence-corrected chi connectivity index (χ1v) is 9.15. The van der Waals surface area contributed by atoms with Crippen LogP contribution in [0.15, 0.2) is 54.7 Å². The van der Waals surface area contributed by atoms with Gasteiger partial charge in [-0.1, -0.05) is 30.3 Å². The number of aromatic nitrogens is 2. The predicted molar refractivity (Wildman–Crippen MR) is 105 cm³/mol. The molecule has 1 aromatic heterocycles. The average Bonchev–Trinajstić information content (AvgIpc) is 2.74. The van der Waals surface area contributed by atoms with E-state index in [0.29, 0.717) is 30.1 Å². The lowest BCUT2D eigenvalue weighted by Crippen LogP contribution is -2.46. The molecule has 0 unspecified atom stereocenters. The monoisotopic (exact) mass is 362 g/mol. The van der Waals surface area contributed by atoms with Crippen LogP contribution >= 0.6 is 0 Å². The Kier molecular flexibility index (Phi) is 4.62. The van der Waals surface area contributed by atoms with Crippen molar-refractivity contribution in [3.05, 3.63) is 60.3 Å². The van der Waals surface area contributed by atoms with Crippen molar-refractivity contribution in [2.24, 2.45) is 0 Å². The number of amides is 1. The van der Waals surface area contributed by atoms with Gasteiger partial charge in [0.2, 0.25) is 0 Å². The standard InChI is InChI=1S/C21H22N4O2/c1-24(19-7-4-12-22-23-19)16-10-13-25(14-11-16)21(27)18-9-8-15-5-2-3-6-17(15)20(18)26/h2-9,12,16,26H,10-11,13-14H2,1H3. The molecule has 138 valence electrons. The van der Waals surface area contributed by atoms with E-state index in [1.54, 1.807) is 12.3 Å². The average molecular weight is 362 g/mol. The highest BCUT2D eigenvalue weighted by Crippen LogP contribution is 2.30. The van der Waals surface area contributed by atoms with E-state index in [1.165, 1.54) is 0 Å². The van der Waals surface area contributed by atoms with Gasteiger partial charge in [0.1, 0.15) is 5.75 Å². The van der Waals surface area contributed by atoms with Crippen molar-refractivity contribution in [2.45, 2.75) is 18.9 Å². The zero-order valence-electron chi connectivity index (χ0n) is 15.2. The number of benzene rings is 2. The number of rotatable bonds is 3. The van der Waals surface area contributed by atoms with Gasteiger partial charge in [0.05, 0.1) is 5.56 Å². The number of hydrogen-bond acceptors (Lipinski definition) is 5. The summed E-state index contributed by atoms with van der Waals surface area (Å²) in [4.78, 5) is 16.9. The minimum atomic E-state index is -0.112. The molecular formula is C21H22N4O2. The number of phenols is 1. The number of carbonyl (C=O) groups excluding carboxylic acids is 1. The molecule has 6 nitrogen and oxygen atoms in total. The van der Waals surface area contributed by atoms with Crippen LogP contribution in [0.2, 0.25) is 0 Å². The smallest absolute Gasteiger partial charge is 0.257 e. The Labute approximate surface area is 158 Å². The van der Waals surface area contributed by atoms with Gasteiger partial charge >= 0.3 is 0 Å². The largest absolute Gasteiger partial charge is 0.506 e. The molecule has 1 fully saturated rings. The molecule has 0 spiro atoms. The van der Waals surface area contributed by atoms with Gasteiger partial charge in [-0.25, -0.2) is 0 Å². The lowest BCUT2D eigenvalue weighted by atomic mass is 10.0. The van der Waals surface area contributed by atoms with E-state index in [1.807, 2.05) is 54.4 Å². The van der Waals surface area contributed by atoms with Crippen molar-refractivity contribution in [3.8, 4) is 5.75 Å². The molecule has 1 aliphatic rings. The van der Waals surface area contributed by atoms with Crippen LogP contribution in [-0.4, -0.2) is 52.3 Å². The summed E-state index contributed by atoms with van der Waals surface area (Å²) < 4.78 is 0. The SMILES string of the molecule is CN(c1cccnn1)C1CCN(C(=O)c2ccc3ccccc3c2O)CC1. The molecule has 0 atom stereocenters. The molecule has 1 N–H and O–H groups in total. The zero-order chi connectivity index (χ0) is 18.8. The van der Waals surface area contributed by atoms with Crippen molar-refractivity contribution in [1.29, 1.82) is 0 Å². The van der Waals surface area contributed by atoms with E-state index in [0.717, 1.165) is 24.0 Å². The number of likely N-dealkylation sites (tertiary alicyclic amines) is 1. The molecule has 0 aliphatic carbocycles. The van der Waals surface area contributed by atoms with Crippen LogP contribution in [0, 0.1) is 0 Å². The van der Waals surface area contributed by atoms with Gasteiger partial charge in [0.15, 0.2) is 5.82 Å². The fourth-order valence-corrected chi connectivity index (χ4v) is 3.72. The van der Waals surface area contributed by atoms with Gasteiger partial charge < -0.3 is 14.9 Å². The summed E-state index contributed by atoms with van der Waals surface area (Å²) in [5, 5.41) is 20.3. The summed E-state index contributed by atoms with van der Waals surface area (Å²) in [7, 11) is 2.02. The molecule has 27 heavy (non-hydrogen) atoms. The third kappa shape index (κ3) is 3.30. The molecule has 4 rings (SSSR count). The molecule has 0 bridgehead atoms. The fourth-order valence-electron chi connectivity index (χ4n) is 3.72. The first-order chi connectivity index (χ1) is 13.1. The molecular weight excluding hydrogens is 340 g/mol. The quantitative estimate of drug-likeness (QED) is 0.775. The van der Waals surface area contributed by atoms with Crippen LogP contribution in [0.1, 0.15) is 23.2 Å². The molecule has 6 heteroatoms. The molecule has 3 aromatic rings. The number of anilines is 1. The zero-order valence-corrected chi connectivity index (χ0v) is 15.2. The summed E-state index contributed by atoms with van der Waals surface area (Å²) in [6, 6.07) is 15.3. The Bertz CT molecular complexity index is 953. The lowest BCUT2D eigenvalue weighted by Gasteiger charge is -2.37. The molecule has 0 saturated carbocycles. The number of nitrogens with zero attached hydrogens (tertiary/aromatic N) is 4. The highest BCUT2D eigenvalue weighted by atomic mass is 16.3. The second kappa shape index (κ2) is 7.23. The van der Waals surface area contributed by atoms with E-state index in [9.17, 15) is 9.90 Å². The Morgan fingerprint density at radius 2 is 1.89 bits per heavy atom. The maximum atomic E-state index is 12.9. The van der Waals surface area contributed by atoms with Crippen molar-refractivity contribution < 1.29 is 9.90 Å². The number of aromatic hydroxyl groups is 1. The van der Waals surface area contributed by atoms with Gasteiger partial charge in [0.25, 0.3) is 5.91 Å². The van der Waals surface area contributed by atoms with Crippen LogP contribution in [0.4, 0.5) is 5.82 Å². The van der Waals surface area contributed by atoms with Gasteiger partial charge in [-0.2, -0.15) is 5.10 Å². The van der Waals surface area contributed by atoms with E-state index < -0.39 is 0 Å². The van der Waals surface area contributed by atoms with E-state index in [2.05, 4.69) is 15.1 Å². The predicted octanol–water partition coefficient (Wildman–Crippen LogP) is 3.08. The Balaban J connectivity index is 1.47. The first kappa shape index (κ1) is 17.3. The molecule has 0 radical (unpaired) electrons. The Morgan fingerprint density at radius 1 is 1.11 bits per heavy atom. The second-order valence-corrected chi connectivity index (χ2v) is 6.90. The van der Waals surface area contributed by atoms with Crippen molar-refractivity contribution in [2.75, 3.05) is 25.0 Å². The van der Waals surface area contributed by atoms with E-state index in [4.69, 9.17) is 0 Å². The Morgan fingerprint density at radius 3 is 2.63 bits per heavy atom. The first-order valence-electron chi connectivity index (χ1n) is 9.15. The fraction of sp³-hybridized carbons (Fsp3) is 0.286. The van der Waals surface area contributed by atoms with E-state index in [-0.39, 0.29) is 11.7 Å². The second-order valence-electron chi connectivity index (χ2n) is 6.90. The maximum Gasteiger partial charge on any atom is 0.257 e. The van der Waals surface area contributed by atoms with Crippen LogP contribution in [-0.2, 0) is 0 Å². The van der Waals surface area contributed by atoms with Crippen molar-refractivity contribution in [3.63, 3.8) is 0 Å². The summed E-state index contributed by atoms with van der Waals surface area (Å²) in [6.45, 7) is 1.31. The topological polar surface area (TPSA) is 69.6 Å². The number of phenolic OH excluding ortho intramolecular Hbond substituents is 1. The summed E-state index contributed by atoms with van der Waals surface area (Å²) in [5.74, 6) is 0.796.